The molecule has 1 unspecified atom stereocenters. The summed E-state index contributed by atoms with van der Waals surface area (Å²) in [5, 5.41) is 9.06. The van der Waals surface area contributed by atoms with E-state index in [1.54, 1.807) is 4.90 Å². The molecule has 19 heavy (non-hydrogen) atoms. The van der Waals surface area contributed by atoms with Gasteiger partial charge in [-0.3, -0.25) is 4.79 Å². The number of carbonyl (C=O) groups excluding carboxylic acids is 1. The Bertz CT molecular complexity index is 366. The molecule has 3 N–H and O–H groups in total. The van der Waals surface area contributed by atoms with Crippen molar-refractivity contribution in [3.63, 3.8) is 0 Å². The van der Waals surface area contributed by atoms with Crippen molar-refractivity contribution in [2.24, 2.45) is 5.73 Å². The number of aliphatic hydroxyl groups excluding tert-OH is 1. The van der Waals surface area contributed by atoms with Crippen molar-refractivity contribution in [3.8, 4) is 0 Å². The number of hydrogen-bond donors (Lipinski definition) is 2. The van der Waals surface area contributed by atoms with Crippen LogP contribution in [0.3, 0.4) is 0 Å². The first-order chi connectivity index (χ1) is 9.13. The highest BCUT2D eigenvalue weighted by Crippen LogP contribution is 2.08. The number of nitrogens with two attached hydrogens (primary N) is 1. The van der Waals surface area contributed by atoms with Gasteiger partial charge in [0.15, 0.2) is 0 Å². The van der Waals surface area contributed by atoms with Crippen molar-refractivity contribution in [1.29, 1.82) is 0 Å². The Morgan fingerprint density at radius 3 is 2.63 bits per heavy atom. The fraction of sp³-hybridized carbons (Fsp3) is 0.533. The van der Waals surface area contributed by atoms with Gasteiger partial charge in [0.2, 0.25) is 5.91 Å². The molecule has 0 heterocycles. The largest absolute Gasteiger partial charge is 0.395 e. The number of benzene rings is 1. The van der Waals surface area contributed by atoms with Crippen LogP contribution in [0.15, 0.2) is 30.3 Å². The quantitative estimate of drug-likeness (QED) is 0.748. The molecule has 4 heteroatoms. The van der Waals surface area contributed by atoms with Gasteiger partial charge >= 0.3 is 0 Å². The zero-order chi connectivity index (χ0) is 14.1. The number of carbonyl (C=O) groups is 1. The fourth-order valence-corrected chi connectivity index (χ4v) is 1.95. The molecular formula is C15H24N2O2. The zero-order valence-corrected chi connectivity index (χ0v) is 11.6. The predicted molar refractivity (Wildman–Crippen MR) is 76.4 cm³/mol. The molecule has 1 rings (SSSR count). The van der Waals surface area contributed by atoms with Crippen molar-refractivity contribution in [2.75, 3.05) is 13.2 Å². The van der Waals surface area contributed by atoms with Crippen LogP contribution in [0.1, 0.15) is 31.7 Å². The van der Waals surface area contributed by atoms with E-state index in [0.717, 1.165) is 18.4 Å². The summed E-state index contributed by atoms with van der Waals surface area (Å²) < 4.78 is 0. The van der Waals surface area contributed by atoms with E-state index in [0.29, 0.717) is 19.5 Å². The zero-order valence-electron chi connectivity index (χ0n) is 11.6. The Kier molecular flexibility index (Phi) is 7.15. The first kappa shape index (κ1) is 15.7. The molecule has 0 spiro atoms. The smallest absolute Gasteiger partial charge is 0.222 e. The average Bonchev–Trinajstić information content (AvgIpc) is 2.39. The SMILES string of the molecule is CC(N)CCCC(=O)N(CCO)Cc1ccccc1. The molecule has 4 nitrogen and oxygen atoms in total. The maximum Gasteiger partial charge on any atom is 0.222 e. The Labute approximate surface area is 115 Å². The van der Waals surface area contributed by atoms with E-state index >= 15 is 0 Å². The monoisotopic (exact) mass is 264 g/mol. The minimum Gasteiger partial charge on any atom is -0.395 e. The molecular weight excluding hydrogens is 240 g/mol. The maximum atomic E-state index is 12.1. The molecule has 0 aliphatic rings. The lowest BCUT2D eigenvalue weighted by atomic mass is 10.1. The lowest BCUT2D eigenvalue weighted by Gasteiger charge is -2.22. The summed E-state index contributed by atoms with van der Waals surface area (Å²) in [7, 11) is 0. The average molecular weight is 264 g/mol. The first-order valence-corrected chi connectivity index (χ1v) is 6.81. The van der Waals surface area contributed by atoms with Crippen LogP contribution in [0.4, 0.5) is 0 Å². The molecule has 0 aliphatic carbocycles. The van der Waals surface area contributed by atoms with Crippen LogP contribution in [0.2, 0.25) is 0 Å². The number of rotatable bonds is 8. The lowest BCUT2D eigenvalue weighted by Crippen LogP contribution is -2.33. The van der Waals surface area contributed by atoms with Crippen LogP contribution in [0.5, 0.6) is 0 Å². The van der Waals surface area contributed by atoms with Crippen LogP contribution in [0, 0.1) is 0 Å². The Morgan fingerprint density at radius 2 is 2.05 bits per heavy atom. The van der Waals surface area contributed by atoms with Crippen LogP contribution < -0.4 is 5.73 Å². The van der Waals surface area contributed by atoms with Crippen molar-refractivity contribution < 1.29 is 9.90 Å². The molecule has 0 aliphatic heterocycles. The van der Waals surface area contributed by atoms with Gasteiger partial charge in [0.05, 0.1) is 6.61 Å². The van der Waals surface area contributed by atoms with E-state index < -0.39 is 0 Å². The summed E-state index contributed by atoms with van der Waals surface area (Å²) in [4.78, 5) is 13.8. The number of nitrogens with zero attached hydrogens (tertiary/aromatic N) is 1. The van der Waals surface area contributed by atoms with Crippen molar-refractivity contribution in [1.82, 2.24) is 4.90 Å². The summed E-state index contributed by atoms with van der Waals surface area (Å²) in [5.41, 5.74) is 6.75. The highest BCUT2D eigenvalue weighted by molar-refractivity contribution is 5.76. The van der Waals surface area contributed by atoms with Gasteiger partial charge in [-0.15, -0.1) is 0 Å². The molecule has 0 saturated heterocycles. The third-order valence-corrected chi connectivity index (χ3v) is 2.99. The number of aliphatic hydroxyl groups is 1. The van der Waals surface area contributed by atoms with Gasteiger partial charge in [-0.2, -0.15) is 0 Å². The maximum absolute atomic E-state index is 12.1. The molecule has 1 amide bonds. The predicted octanol–water partition coefficient (Wildman–Crippen LogP) is 1.52. The van der Waals surface area contributed by atoms with Gasteiger partial charge in [0, 0.05) is 25.6 Å². The van der Waals surface area contributed by atoms with Gasteiger partial charge < -0.3 is 15.7 Å². The summed E-state index contributed by atoms with van der Waals surface area (Å²) >= 11 is 0. The van der Waals surface area contributed by atoms with Gasteiger partial charge in [0.25, 0.3) is 0 Å². The van der Waals surface area contributed by atoms with Crippen LogP contribution in [-0.4, -0.2) is 35.1 Å². The third kappa shape index (κ3) is 6.36. The molecule has 0 fully saturated rings. The Morgan fingerprint density at radius 1 is 1.37 bits per heavy atom. The standard InChI is InChI=1S/C15H24N2O2/c1-13(16)6-5-9-15(19)17(10-11-18)12-14-7-3-2-4-8-14/h2-4,7-8,13,18H,5-6,9-12,16H2,1H3. The van der Waals surface area contributed by atoms with E-state index in [-0.39, 0.29) is 18.6 Å². The normalized spacial score (nSPS) is 12.2. The van der Waals surface area contributed by atoms with Gasteiger partial charge in [0.1, 0.15) is 0 Å². The Balaban J connectivity index is 2.49. The van der Waals surface area contributed by atoms with Gasteiger partial charge in [-0.25, -0.2) is 0 Å². The van der Waals surface area contributed by atoms with Crippen molar-refractivity contribution >= 4 is 5.91 Å². The molecule has 106 valence electrons. The second-order valence-corrected chi connectivity index (χ2v) is 4.89. The number of hydrogen-bond acceptors (Lipinski definition) is 3. The summed E-state index contributed by atoms with van der Waals surface area (Å²) in [6, 6.07) is 9.96. The molecule has 0 aromatic heterocycles. The third-order valence-electron chi connectivity index (χ3n) is 2.99. The van der Waals surface area contributed by atoms with E-state index in [4.69, 9.17) is 10.8 Å². The van der Waals surface area contributed by atoms with E-state index in [1.165, 1.54) is 0 Å². The van der Waals surface area contributed by atoms with Gasteiger partial charge in [-0.05, 0) is 25.3 Å². The summed E-state index contributed by atoms with van der Waals surface area (Å²) in [6.45, 7) is 2.87. The first-order valence-electron chi connectivity index (χ1n) is 6.81. The van der Waals surface area contributed by atoms with E-state index in [9.17, 15) is 4.79 Å². The Hall–Kier alpha value is -1.39. The van der Waals surface area contributed by atoms with Crippen molar-refractivity contribution in [2.45, 2.75) is 38.8 Å². The van der Waals surface area contributed by atoms with Crippen LogP contribution in [0.25, 0.3) is 0 Å². The minimum atomic E-state index is -0.00807. The van der Waals surface area contributed by atoms with Gasteiger partial charge in [-0.1, -0.05) is 30.3 Å². The second-order valence-electron chi connectivity index (χ2n) is 4.89. The highest BCUT2D eigenvalue weighted by atomic mass is 16.3. The molecule has 1 aromatic rings. The van der Waals surface area contributed by atoms with Crippen LogP contribution in [-0.2, 0) is 11.3 Å². The van der Waals surface area contributed by atoms with E-state index in [1.807, 2.05) is 37.3 Å². The number of amides is 1. The molecule has 0 bridgehead atoms. The topological polar surface area (TPSA) is 66.6 Å². The van der Waals surface area contributed by atoms with Crippen LogP contribution >= 0.6 is 0 Å². The molecule has 0 saturated carbocycles. The molecule has 1 aromatic carbocycles. The van der Waals surface area contributed by atoms with Crippen molar-refractivity contribution in [3.05, 3.63) is 35.9 Å². The minimum absolute atomic E-state index is 0.00807. The summed E-state index contributed by atoms with van der Waals surface area (Å²) in [6.07, 6.45) is 2.14. The highest BCUT2D eigenvalue weighted by Gasteiger charge is 2.13. The molecule has 1 atom stereocenters. The molecule has 0 radical (unpaired) electrons. The fourth-order valence-electron chi connectivity index (χ4n) is 1.95. The van der Waals surface area contributed by atoms with E-state index in [2.05, 4.69) is 0 Å². The second kappa shape index (κ2) is 8.67. The lowest BCUT2D eigenvalue weighted by molar-refractivity contribution is -0.132. The summed E-state index contributed by atoms with van der Waals surface area (Å²) in [5.74, 6) is 0.0820.